The molecule has 0 spiro atoms. The summed E-state index contributed by atoms with van der Waals surface area (Å²) in [6.45, 7) is 17.7. The second-order valence-corrected chi connectivity index (χ2v) is 17.3. The van der Waals surface area contributed by atoms with Crippen LogP contribution in [0.1, 0.15) is 137 Å². The minimum Gasteiger partial charge on any atom is -0.488 e. The Morgan fingerprint density at radius 3 is 1.49 bits per heavy atom. The van der Waals surface area contributed by atoms with Crippen LogP contribution in [0.3, 0.4) is 0 Å². The summed E-state index contributed by atoms with van der Waals surface area (Å²) in [5, 5.41) is 0. The molecule has 1 aliphatic carbocycles. The maximum atomic E-state index is 15.6. The van der Waals surface area contributed by atoms with E-state index in [-0.39, 0.29) is 29.6 Å². The van der Waals surface area contributed by atoms with Crippen LogP contribution in [0, 0.1) is 57.9 Å². The van der Waals surface area contributed by atoms with Gasteiger partial charge in [0.1, 0.15) is 17.1 Å². The quantitative estimate of drug-likeness (QED) is 0.0934. The van der Waals surface area contributed by atoms with Gasteiger partial charge in [-0.3, -0.25) is 0 Å². The van der Waals surface area contributed by atoms with Crippen molar-refractivity contribution >= 4 is 0 Å². The average Bonchev–Trinajstić information content (AvgIpc) is 3.18. The van der Waals surface area contributed by atoms with Crippen LogP contribution in [0.15, 0.2) is 48.5 Å². The van der Waals surface area contributed by atoms with Crippen LogP contribution in [0.2, 0.25) is 0 Å². The Balaban J connectivity index is 1.53. The van der Waals surface area contributed by atoms with Gasteiger partial charge in [-0.1, -0.05) is 92.5 Å². The molecule has 0 N–H and O–H groups in total. The van der Waals surface area contributed by atoms with Gasteiger partial charge in [0.2, 0.25) is 17.4 Å². The molecule has 0 radical (unpaired) electrons. The normalized spacial score (nSPS) is 19.4. The van der Waals surface area contributed by atoms with Gasteiger partial charge in [0.05, 0.1) is 11.1 Å². The van der Waals surface area contributed by atoms with Crippen LogP contribution >= 0.6 is 0 Å². The van der Waals surface area contributed by atoms with Crippen molar-refractivity contribution in [2.24, 2.45) is 11.3 Å². The van der Waals surface area contributed by atoms with Gasteiger partial charge in [0.15, 0.2) is 34.9 Å². The number of hydrogen-bond donors (Lipinski definition) is 0. The number of unbranched alkanes of at least 4 members (excludes halogenated alkanes) is 1. The van der Waals surface area contributed by atoms with Crippen molar-refractivity contribution in [3.8, 4) is 28.4 Å². The third-order valence-corrected chi connectivity index (χ3v) is 12.5. The van der Waals surface area contributed by atoms with Crippen LogP contribution in [-0.2, 0) is 10.8 Å². The molecule has 2 nitrogen and oxygen atoms in total. The number of ether oxygens (including phenoxy) is 2. The summed E-state index contributed by atoms with van der Waals surface area (Å²) in [5.41, 5.74) is -5.04. The first-order valence-corrected chi connectivity index (χ1v) is 20.0. The smallest absolute Gasteiger partial charge is 0.205 e. The molecule has 3 atom stereocenters. The van der Waals surface area contributed by atoms with E-state index in [0.29, 0.717) is 18.8 Å². The van der Waals surface area contributed by atoms with E-state index < -0.39 is 79.8 Å². The highest BCUT2D eigenvalue weighted by molar-refractivity contribution is 5.69. The van der Waals surface area contributed by atoms with E-state index in [1.807, 2.05) is 19.1 Å². The predicted molar refractivity (Wildman–Crippen MR) is 209 cm³/mol. The van der Waals surface area contributed by atoms with Crippen LogP contribution in [-0.4, -0.2) is 5.60 Å². The second-order valence-electron chi connectivity index (χ2n) is 17.3. The minimum absolute atomic E-state index is 0.0517. The van der Waals surface area contributed by atoms with E-state index in [2.05, 4.69) is 53.7 Å². The van der Waals surface area contributed by atoms with E-state index in [4.69, 9.17) is 9.47 Å². The van der Waals surface area contributed by atoms with Crippen molar-refractivity contribution in [2.75, 3.05) is 0 Å². The number of rotatable bonds is 14. The molecule has 310 valence electrons. The van der Waals surface area contributed by atoms with Gasteiger partial charge in [-0.25, -0.2) is 26.3 Å². The molecular weight excluding hydrogens is 748 g/mol. The van der Waals surface area contributed by atoms with E-state index in [1.54, 1.807) is 19.1 Å². The van der Waals surface area contributed by atoms with Crippen molar-refractivity contribution in [3.05, 3.63) is 112 Å². The van der Waals surface area contributed by atoms with E-state index in [0.717, 1.165) is 49.0 Å². The maximum Gasteiger partial charge on any atom is 0.205 e. The summed E-state index contributed by atoms with van der Waals surface area (Å²) in [7, 11) is 0. The third kappa shape index (κ3) is 8.29. The summed E-state index contributed by atoms with van der Waals surface area (Å²) in [6, 6.07) is 14.4. The van der Waals surface area contributed by atoms with Crippen LogP contribution in [0.4, 0.5) is 35.1 Å². The zero-order valence-electron chi connectivity index (χ0n) is 34.4. The fraction of sp³-hybridized carbons (Fsp3) is 0.489. The number of benzene rings is 4. The predicted octanol–water partition coefficient (Wildman–Crippen LogP) is 15.2. The first-order chi connectivity index (χ1) is 26.7. The van der Waals surface area contributed by atoms with E-state index in [9.17, 15) is 0 Å². The summed E-state index contributed by atoms with van der Waals surface area (Å²) in [4.78, 5) is 0. The molecule has 4 aromatic carbocycles. The van der Waals surface area contributed by atoms with Crippen molar-refractivity contribution in [1.82, 2.24) is 0 Å². The topological polar surface area (TPSA) is 18.5 Å². The van der Waals surface area contributed by atoms with E-state index >= 15 is 35.1 Å². The zero-order chi connectivity index (χ0) is 42.2. The lowest BCUT2D eigenvalue weighted by molar-refractivity contribution is 0.0801. The first-order valence-electron chi connectivity index (χ1n) is 20.0. The molecule has 0 heterocycles. The fourth-order valence-electron chi connectivity index (χ4n) is 9.01. The summed E-state index contributed by atoms with van der Waals surface area (Å²) < 4.78 is 136. The van der Waals surface area contributed by atoms with E-state index in [1.165, 1.54) is 19.1 Å². The highest BCUT2D eigenvalue weighted by Gasteiger charge is 2.45. The Labute approximate surface area is 332 Å². The molecule has 0 amide bonds. The maximum absolute atomic E-state index is 15.6. The molecule has 1 fully saturated rings. The lowest BCUT2D eigenvalue weighted by Crippen LogP contribution is -2.41. The van der Waals surface area contributed by atoms with Crippen LogP contribution in [0.25, 0.3) is 11.1 Å². The largest absolute Gasteiger partial charge is 0.488 e. The first kappa shape index (κ1) is 44.0. The molecule has 0 aromatic heterocycles. The number of halogens is 8. The lowest BCUT2D eigenvalue weighted by atomic mass is 9.55. The fourth-order valence-corrected chi connectivity index (χ4v) is 9.01. The molecular formula is C47H54F8O2. The van der Waals surface area contributed by atoms with Gasteiger partial charge in [0, 0.05) is 11.0 Å². The molecule has 0 bridgehead atoms. The van der Waals surface area contributed by atoms with Gasteiger partial charge in [-0.15, -0.1) is 0 Å². The summed E-state index contributed by atoms with van der Waals surface area (Å²) in [5.74, 6) is -17.6. The third-order valence-electron chi connectivity index (χ3n) is 12.5. The minimum atomic E-state index is -2.28. The van der Waals surface area contributed by atoms with Crippen LogP contribution in [0.5, 0.6) is 17.2 Å². The van der Waals surface area contributed by atoms with Crippen molar-refractivity contribution in [2.45, 2.75) is 137 Å². The Bertz CT molecular complexity index is 2020. The van der Waals surface area contributed by atoms with Gasteiger partial charge in [0.25, 0.3) is 0 Å². The Kier molecular flexibility index (Phi) is 12.9. The van der Waals surface area contributed by atoms with Crippen molar-refractivity contribution in [1.29, 1.82) is 0 Å². The second kappa shape index (κ2) is 16.6. The summed E-state index contributed by atoms with van der Waals surface area (Å²) in [6.07, 6.45) is 5.59. The molecule has 3 unspecified atom stereocenters. The molecule has 0 aliphatic heterocycles. The van der Waals surface area contributed by atoms with Crippen LogP contribution < -0.4 is 9.47 Å². The van der Waals surface area contributed by atoms with Gasteiger partial charge in [-0.2, -0.15) is 8.78 Å². The summed E-state index contributed by atoms with van der Waals surface area (Å²) >= 11 is 0. The monoisotopic (exact) mass is 802 g/mol. The zero-order valence-corrected chi connectivity index (χ0v) is 34.4. The van der Waals surface area contributed by atoms with Crippen molar-refractivity contribution < 1.29 is 44.6 Å². The Hall–Kier alpha value is -4.08. The van der Waals surface area contributed by atoms with Gasteiger partial charge >= 0.3 is 0 Å². The molecule has 57 heavy (non-hydrogen) atoms. The number of hydrogen-bond acceptors (Lipinski definition) is 2. The van der Waals surface area contributed by atoms with Gasteiger partial charge < -0.3 is 9.47 Å². The molecule has 0 saturated heterocycles. The highest BCUT2D eigenvalue weighted by atomic mass is 19.2. The molecule has 5 rings (SSSR count). The molecule has 4 aromatic rings. The van der Waals surface area contributed by atoms with Gasteiger partial charge in [-0.05, 0) is 104 Å². The highest BCUT2D eigenvalue weighted by Crippen LogP contribution is 2.54. The molecule has 1 aliphatic rings. The standard InChI is InChI=1S/C47H54F8O2/c1-10-14-23-45(8,11-2)34-39(52)35(48)32(36(49)40(34)53)33-37(50)41(54)43(42(55)38(33)51)56-30-19-15-28(16-20-30)47(25-27(5)24-44(6,7)26-47)29-17-21-31(22-18-29)57-46(9,12-3)13-4/h15-22,27H,10-14,23-26H2,1-9H3. The molecule has 1 saturated carbocycles. The Morgan fingerprint density at radius 1 is 0.614 bits per heavy atom. The SMILES string of the molecule is CCCCC(C)(CC)c1c(F)c(F)c(-c2c(F)c(F)c(Oc3ccc(C4(c5ccc(OC(C)(CC)CC)cc5)CC(C)CC(C)(C)C4)cc3)c(F)c2F)c(F)c1F. The average molecular weight is 803 g/mol. The van der Waals surface area contributed by atoms with Crippen molar-refractivity contribution in [3.63, 3.8) is 0 Å². The molecule has 10 heteroatoms. The lowest BCUT2D eigenvalue weighted by Gasteiger charge is -2.48. The Morgan fingerprint density at radius 2 is 1.07 bits per heavy atom.